The van der Waals surface area contributed by atoms with E-state index in [-0.39, 0.29) is 0 Å². The molecule has 5 aliphatic rings. The highest BCUT2D eigenvalue weighted by Crippen LogP contribution is 2.77. The van der Waals surface area contributed by atoms with E-state index in [1.165, 1.54) is 64.2 Å². The van der Waals surface area contributed by atoms with E-state index in [2.05, 4.69) is 41.5 Å². The molecule has 0 aromatic carbocycles. The van der Waals surface area contributed by atoms with Gasteiger partial charge in [0, 0.05) is 5.92 Å². The predicted molar refractivity (Wildman–Crippen MR) is 125 cm³/mol. The summed E-state index contributed by atoms with van der Waals surface area (Å²) < 4.78 is 0. The van der Waals surface area contributed by atoms with Crippen LogP contribution >= 0.6 is 0 Å². The molecular formula is C29H48O. The number of Topliss-reactive ketones (excluding diaryl/α,β-unsaturated/α-hetero) is 1. The van der Waals surface area contributed by atoms with E-state index < -0.39 is 0 Å². The van der Waals surface area contributed by atoms with Crippen LogP contribution in [0.5, 0.6) is 0 Å². The van der Waals surface area contributed by atoms with Crippen LogP contribution in [0.3, 0.4) is 0 Å². The van der Waals surface area contributed by atoms with Gasteiger partial charge in [0.2, 0.25) is 0 Å². The van der Waals surface area contributed by atoms with Crippen molar-refractivity contribution < 1.29 is 4.79 Å². The third-order valence-electron chi connectivity index (χ3n) is 13.2. The van der Waals surface area contributed by atoms with E-state index in [1.54, 1.807) is 0 Å². The average molecular weight is 413 g/mol. The van der Waals surface area contributed by atoms with Crippen LogP contribution in [0.1, 0.15) is 119 Å². The van der Waals surface area contributed by atoms with Crippen molar-refractivity contribution in [1.29, 1.82) is 0 Å². The van der Waals surface area contributed by atoms with Gasteiger partial charge in [-0.2, -0.15) is 0 Å². The maximum atomic E-state index is 12.4. The van der Waals surface area contributed by atoms with Gasteiger partial charge in [-0.1, -0.05) is 48.0 Å². The number of rotatable bonds is 1. The highest BCUT2D eigenvalue weighted by molar-refractivity contribution is 5.79. The van der Waals surface area contributed by atoms with E-state index in [0.29, 0.717) is 44.7 Å². The van der Waals surface area contributed by atoms with Crippen LogP contribution in [0.15, 0.2) is 0 Å². The van der Waals surface area contributed by atoms with Crippen molar-refractivity contribution in [2.24, 2.45) is 56.7 Å². The summed E-state index contributed by atoms with van der Waals surface area (Å²) in [7, 11) is 0. The summed E-state index contributed by atoms with van der Waals surface area (Å²) in [5.74, 6) is 4.13. The van der Waals surface area contributed by atoms with Crippen molar-refractivity contribution in [3.05, 3.63) is 0 Å². The molecule has 0 spiro atoms. The Morgan fingerprint density at radius 2 is 1.23 bits per heavy atom. The van der Waals surface area contributed by atoms with Crippen LogP contribution in [0, 0.1) is 56.7 Å². The number of hydrogen-bond acceptors (Lipinski definition) is 1. The van der Waals surface area contributed by atoms with E-state index in [4.69, 9.17) is 0 Å². The van der Waals surface area contributed by atoms with Crippen molar-refractivity contribution in [3.8, 4) is 0 Å². The summed E-state index contributed by atoms with van der Waals surface area (Å²) in [4.78, 5) is 12.4. The fourth-order valence-corrected chi connectivity index (χ4v) is 11.8. The molecule has 0 bridgehead atoms. The minimum absolute atomic E-state index is 0.359. The maximum absolute atomic E-state index is 12.4. The van der Waals surface area contributed by atoms with Gasteiger partial charge < -0.3 is 0 Å². The molecule has 0 amide bonds. The van der Waals surface area contributed by atoms with Crippen LogP contribution in [0.2, 0.25) is 0 Å². The Kier molecular flexibility index (Phi) is 4.57. The molecule has 9 atom stereocenters. The summed E-state index contributed by atoms with van der Waals surface area (Å²) >= 11 is 0. The molecule has 0 unspecified atom stereocenters. The fourth-order valence-electron chi connectivity index (χ4n) is 11.8. The van der Waals surface area contributed by atoms with E-state index in [9.17, 15) is 4.79 Å². The van der Waals surface area contributed by atoms with Crippen molar-refractivity contribution in [2.45, 2.75) is 119 Å². The lowest BCUT2D eigenvalue weighted by molar-refractivity contribution is -0.240. The molecule has 5 rings (SSSR count). The fraction of sp³-hybridized carbons (Fsp3) is 0.966. The zero-order chi connectivity index (χ0) is 21.7. The Hall–Kier alpha value is -0.330. The Balaban J connectivity index is 1.53. The molecule has 30 heavy (non-hydrogen) atoms. The molecule has 0 radical (unpaired) electrons. The van der Waals surface area contributed by atoms with Crippen molar-refractivity contribution >= 4 is 5.78 Å². The second-order valence-electron chi connectivity index (χ2n) is 14.4. The maximum Gasteiger partial charge on any atom is 0.133 e. The van der Waals surface area contributed by atoms with Gasteiger partial charge in [0.25, 0.3) is 0 Å². The van der Waals surface area contributed by atoms with Crippen LogP contribution < -0.4 is 0 Å². The molecule has 0 aliphatic heterocycles. The normalized spacial score (nSPS) is 57.0. The number of ketones is 1. The summed E-state index contributed by atoms with van der Waals surface area (Å²) in [5.41, 5.74) is 2.41. The zero-order valence-electron chi connectivity index (χ0n) is 21.1. The first-order chi connectivity index (χ1) is 13.9. The second kappa shape index (κ2) is 6.38. The number of fused-ring (bicyclic) bond motifs is 7. The van der Waals surface area contributed by atoms with Gasteiger partial charge in [-0.3, -0.25) is 4.79 Å². The summed E-state index contributed by atoms with van der Waals surface area (Å²) in [6.45, 7) is 17.8. The van der Waals surface area contributed by atoms with Crippen LogP contribution in [0.4, 0.5) is 0 Å². The quantitative estimate of drug-likeness (QED) is 0.425. The molecule has 1 heteroatoms. The van der Waals surface area contributed by atoms with Crippen molar-refractivity contribution in [1.82, 2.24) is 0 Å². The lowest BCUT2D eigenvalue weighted by Gasteiger charge is -2.73. The van der Waals surface area contributed by atoms with Crippen LogP contribution in [0.25, 0.3) is 0 Å². The molecule has 0 N–H and O–H groups in total. The average Bonchev–Trinajstić information content (AvgIpc) is 2.99. The highest BCUT2D eigenvalue weighted by Gasteiger charge is 2.70. The summed E-state index contributed by atoms with van der Waals surface area (Å²) in [6, 6.07) is 0. The Morgan fingerprint density at radius 3 is 1.87 bits per heavy atom. The molecule has 5 fully saturated rings. The second-order valence-corrected chi connectivity index (χ2v) is 14.4. The van der Waals surface area contributed by atoms with Gasteiger partial charge in [0.1, 0.15) is 5.78 Å². The van der Waals surface area contributed by atoms with Gasteiger partial charge in [-0.15, -0.1) is 0 Å². The standard InChI is InChI=1S/C29H48O/c1-19(30)20-11-16-26(4)21(20)12-17-28(6)23(26)9-10-24-27(5)15-8-14-25(2,3)22(27)13-18-29(24,28)7/h20-24H,8-18H2,1-7H3/t20-,21+,22-,23+,24-,26+,27+,28-,29-/m1/s1. The summed E-state index contributed by atoms with van der Waals surface area (Å²) in [6.07, 6.45) is 15.3. The third kappa shape index (κ3) is 2.45. The zero-order valence-corrected chi connectivity index (χ0v) is 21.1. The SMILES string of the molecule is CC(=O)[C@H]1CC[C@@]2(C)[C@H]1CC[C@]1(C)[C@H]2CC[C@@H]2[C@@]3(C)CCCC(C)(C)[C@H]3CC[C@]21C. The Bertz CT molecular complexity index is 737. The predicted octanol–water partition coefficient (Wildman–Crippen LogP) is 8.07. The lowest BCUT2D eigenvalue weighted by atomic mass is 9.32. The minimum Gasteiger partial charge on any atom is -0.300 e. The first-order valence-corrected chi connectivity index (χ1v) is 13.4. The van der Waals surface area contributed by atoms with Crippen LogP contribution in [-0.2, 0) is 4.79 Å². The van der Waals surface area contributed by atoms with Crippen molar-refractivity contribution in [3.63, 3.8) is 0 Å². The first kappa shape index (κ1) is 21.5. The summed E-state index contributed by atoms with van der Waals surface area (Å²) in [5, 5.41) is 0. The molecule has 0 aromatic rings. The van der Waals surface area contributed by atoms with Crippen LogP contribution in [-0.4, -0.2) is 5.78 Å². The molecule has 0 saturated heterocycles. The van der Waals surface area contributed by atoms with Gasteiger partial charge in [0.05, 0.1) is 0 Å². The smallest absolute Gasteiger partial charge is 0.133 e. The molecular weight excluding hydrogens is 364 g/mol. The Morgan fingerprint density at radius 1 is 0.633 bits per heavy atom. The monoisotopic (exact) mass is 412 g/mol. The lowest BCUT2D eigenvalue weighted by Crippen LogP contribution is -2.65. The van der Waals surface area contributed by atoms with Gasteiger partial charge >= 0.3 is 0 Å². The molecule has 1 nitrogen and oxygen atoms in total. The minimum atomic E-state index is 0.359. The third-order valence-corrected chi connectivity index (χ3v) is 13.2. The molecule has 0 heterocycles. The Labute approximate surface area is 186 Å². The van der Waals surface area contributed by atoms with E-state index >= 15 is 0 Å². The number of carbonyl (C=O) groups is 1. The molecule has 170 valence electrons. The van der Waals surface area contributed by atoms with E-state index in [1.807, 2.05) is 6.92 Å². The molecule has 5 aliphatic carbocycles. The first-order valence-electron chi connectivity index (χ1n) is 13.4. The van der Waals surface area contributed by atoms with Crippen molar-refractivity contribution in [2.75, 3.05) is 0 Å². The van der Waals surface area contributed by atoms with E-state index in [0.717, 1.165) is 24.2 Å². The topological polar surface area (TPSA) is 17.1 Å². The largest absolute Gasteiger partial charge is 0.300 e. The number of carbonyl (C=O) groups excluding carboxylic acids is 1. The molecule has 5 saturated carbocycles. The number of hydrogen-bond donors (Lipinski definition) is 0. The van der Waals surface area contributed by atoms with Gasteiger partial charge in [-0.05, 0) is 122 Å². The molecule has 0 aromatic heterocycles. The van der Waals surface area contributed by atoms with Gasteiger partial charge in [-0.25, -0.2) is 0 Å². The van der Waals surface area contributed by atoms with Gasteiger partial charge in [0.15, 0.2) is 0 Å². The highest BCUT2D eigenvalue weighted by atomic mass is 16.1.